The molecule has 0 radical (unpaired) electrons. The minimum absolute atomic E-state index is 0.291. The number of carboxylic acid groups (broad SMARTS) is 1. The van der Waals surface area contributed by atoms with Crippen LogP contribution in [0.1, 0.15) is 60.9 Å². The number of hydrogen-bond donors (Lipinski definition) is 1. The number of piperidine rings is 1. The molecule has 1 saturated heterocycles. The number of rotatable bonds is 5. The minimum atomic E-state index is -0.906. The Morgan fingerprint density at radius 3 is 2.95 bits per heavy atom. The first-order valence-corrected chi connectivity index (χ1v) is 7.18. The van der Waals surface area contributed by atoms with Crippen molar-refractivity contribution >= 4 is 5.97 Å². The Balaban J connectivity index is 2.06. The summed E-state index contributed by atoms with van der Waals surface area (Å²) < 4.78 is 5.58. The molecule has 0 bridgehead atoms. The fourth-order valence-corrected chi connectivity index (χ4v) is 2.96. The molecule has 2 heterocycles. The second kappa shape index (κ2) is 6.24. The van der Waals surface area contributed by atoms with Crippen LogP contribution in [-0.4, -0.2) is 28.6 Å². The van der Waals surface area contributed by atoms with Crippen LogP contribution in [0.4, 0.5) is 0 Å². The van der Waals surface area contributed by atoms with E-state index in [4.69, 9.17) is 9.52 Å². The van der Waals surface area contributed by atoms with Crippen molar-refractivity contribution in [2.45, 2.75) is 58.5 Å². The highest BCUT2D eigenvalue weighted by molar-refractivity contribution is 5.88. The van der Waals surface area contributed by atoms with Crippen molar-refractivity contribution in [2.24, 2.45) is 0 Å². The van der Waals surface area contributed by atoms with E-state index in [9.17, 15) is 4.79 Å². The van der Waals surface area contributed by atoms with E-state index < -0.39 is 5.97 Å². The minimum Gasteiger partial charge on any atom is -0.478 e. The highest BCUT2D eigenvalue weighted by Gasteiger charge is 2.23. The number of aryl methyl sites for hydroxylation is 1. The number of likely N-dealkylation sites (tertiary alicyclic amines) is 1. The van der Waals surface area contributed by atoms with Crippen molar-refractivity contribution in [2.75, 3.05) is 6.54 Å². The maximum Gasteiger partial charge on any atom is 0.339 e. The number of carbonyl (C=O) groups is 1. The molecule has 4 nitrogen and oxygen atoms in total. The van der Waals surface area contributed by atoms with Crippen LogP contribution < -0.4 is 0 Å². The molecular formula is C15H23NO3. The van der Waals surface area contributed by atoms with Gasteiger partial charge in [-0.25, -0.2) is 4.79 Å². The third-order valence-electron chi connectivity index (χ3n) is 3.93. The van der Waals surface area contributed by atoms with E-state index in [0.29, 0.717) is 17.4 Å². The van der Waals surface area contributed by atoms with Crippen LogP contribution in [0, 0.1) is 6.92 Å². The maximum absolute atomic E-state index is 11.0. The lowest BCUT2D eigenvalue weighted by atomic mass is 9.98. The van der Waals surface area contributed by atoms with Crippen molar-refractivity contribution in [3.63, 3.8) is 0 Å². The Bertz CT molecular complexity index is 437. The molecule has 2 rings (SSSR count). The smallest absolute Gasteiger partial charge is 0.339 e. The van der Waals surface area contributed by atoms with Gasteiger partial charge < -0.3 is 9.52 Å². The Hall–Kier alpha value is -1.29. The number of hydrogen-bond acceptors (Lipinski definition) is 3. The van der Waals surface area contributed by atoms with Gasteiger partial charge in [0.1, 0.15) is 17.1 Å². The van der Waals surface area contributed by atoms with Gasteiger partial charge in [-0.2, -0.15) is 0 Å². The van der Waals surface area contributed by atoms with Crippen molar-refractivity contribution in [3.05, 3.63) is 23.2 Å². The van der Waals surface area contributed by atoms with E-state index in [0.717, 1.165) is 18.8 Å². The first kappa shape index (κ1) is 14.1. The lowest BCUT2D eigenvalue weighted by molar-refractivity contribution is 0.0695. The van der Waals surface area contributed by atoms with E-state index in [1.807, 2.05) is 0 Å². The molecule has 1 atom stereocenters. The number of furan rings is 1. The van der Waals surface area contributed by atoms with E-state index >= 15 is 0 Å². The molecule has 106 valence electrons. The molecule has 1 aromatic rings. The molecule has 0 saturated carbocycles. The number of carboxylic acids is 1. The molecular weight excluding hydrogens is 242 g/mol. The number of aromatic carboxylic acids is 1. The van der Waals surface area contributed by atoms with Crippen molar-refractivity contribution in [1.82, 2.24) is 4.90 Å². The Morgan fingerprint density at radius 2 is 2.32 bits per heavy atom. The monoisotopic (exact) mass is 265 g/mol. The molecule has 0 aliphatic carbocycles. The summed E-state index contributed by atoms with van der Waals surface area (Å²) in [6.45, 7) is 5.75. The highest BCUT2D eigenvalue weighted by Crippen LogP contribution is 2.24. The summed E-state index contributed by atoms with van der Waals surface area (Å²) >= 11 is 0. The Kier molecular flexibility index (Phi) is 4.64. The van der Waals surface area contributed by atoms with Crippen molar-refractivity contribution < 1.29 is 14.3 Å². The summed E-state index contributed by atoms with van der Waals surface area (Å²) in [5.74, 6) is 0.376. The normalized spacial score (nSPS) is 20.6. The van der Waals surface area contributed by atoms with Gasteiger partial charge in [0.05, 0.1) is 6.54 Å². The van der Waals surface area contributed by atoms with Gasteiger partial charge in [-0.1, -0.05) is 19.8 Å². The van der Waals surface area contributed by atoms with Gasteiger partial charge in [-0.15, -0.1) is 0 Å². The molecule has 0 amide bonds. The van der Waals surface area contributed by atoms with Gasteiger partial charge in [-0.3, -0.25) is 4.90 Å². The van der Waals surface area contributed by atoms with Crippen LogP contribution in [0.25, 0.3) is 0 Å². The van der Waals surface area contributed by atoms with Gasteiger partial charge in [0.2, 0.25) is 0 Å². The summed E-state index contributed by atoms with van der Waals surface area (Å²) in [5, 5.41) is 9.05. The van der Waals surface area contributed by atoms with Gasteiger partial charge in [0, 0.05) is 6.04 Å². The van der Waals surface area contributed by atoms with E-state index in [-0.39, 0.29) is 0 Å². The van der Waals surface area contributed by atoms with E-state index in [2.05, 4.69) is 11.8 Å². The van der Waals surface area contributed by atoms with Crippen LogP contribution in [-0.2, 0) is 6.54 Å². The molecule has 1 aliphatic heterocycles. The first-order valence-electron chi connectivity index (χ1n) is 7.18. The summed E-state index contributed by atoms with van der Waals surface area (Å²) in [6.07, 6.45) is 6.19. The number of nitrogens with zero attached hydrogens (tertiary/aromatic N) is 1. The highest BCUT2D eigenvalue weighted by atomic mass is 16.4. The predicted octanol–water partition coefficient (Wildman–Crippen LogP) is 3.44. The average Bonchev–Trinajstić information content (AvgIpc) is 2.73. The topological polar surface area (TPSA) is 53.7 Å². The Labute approximate surface area is 114 Å². The van der Waals surface area contributed by atoms with Gasteiger partial charge in [-0.05, 0) is 38.8 Å². The second-order valence-corrected chi connectivity index (χ2v) is 5.40. The molecule has 1 N–H and O–H groups in total. The average molecular weight is 265 g/mol. The van der Waals surface area contributed by atoms with Crippen molar-refractivity contribution in [3.8, 4) is 0 Å². The molecule has 1 aromatic heterocycles. The van der Waals surface area contributed by atoms with Crippen LogP contribution in [0.5, 0.6) is 0 Å². The zero-order chi connectivity index (χ0) is 13.8. The molecule has 0 aromatic carbocycles. The summed E-state index contributed by atoms with van der Waals surface area (Å²) in [7, 11) is 0. The predicted molar refractivity (Wildman–Crippen MR) is 73.4 cm³/mol. The summed E-state index contributed by atoms with van der Waals surface area (Å²) in [4.78, 5) is 13.5. The summed E-state index contributed by atoms with van der Waals surface area (Å²) in [6, 6.07) is 2.30. The third-order valence-corrected chi connectivity index (χ3v) is 3.93. The zero-order valence-electron chi connectivity index (χ0n) is 11.8. The molecule has 0 spiro atoms. The van der Waals surface area contributed by atoms with Gasteiger partial charge in [0.15, 0.2) is 0 Å². The quantitative estimate of drug-likeness (QED) is 0.886. The van der Waals surface area contributed by atoms with Crippen molar-refractivity contribution in [1.29, 1.82) is 0 Å². The zero-order valence-corrected chi connectivity index (χ0v) is 11.8. The van der Waals surface area contributed by atoms with Crippen LogP contribution in [0.2, 0.25) is 0 Å². The molecule has 1 aliphatic rings. The van der Waals surface area contributed by atoms with Crippen LogP contribution in [0.3, 0.4) is 0 Å². The first-order chi connectivity index (χ1) is 9.11. The molecule has 4 heteroatoms. The molecule has 1 fully saturated rings. The molecule has 19 heavy (non-hydrogen) atoms. The van der Waals surface area contributed by atoms with Gasteiger partial charge >= 0.3 is 5.97 Å². The summed E-state index contributed by atoms with van der Waals surface area (Å²) in [5.41, 5.74) is 0.291. The van der Waals surface area contributed by atoms with Crippen LogP contribution in [0.15, 0.2) is 10.5 Å². The Morgan fingerprint density at radius 1 is 1.53 bits per heavy atom. The largest absolute Gasteiger partial charge is 0.478 e. The SMILES string of the molecule is CCCC1CCCCN1Cc1cc(C(=O)O)c(C)o1. The van der Waals surface area contributed by atoms with E-state index in [1.165, 1.54) is 32.1 Å². The third kappa shape index (κ3) is 3.38. The maximum atomic E-state index is 11.0. The second-order valence-electron chi connectivity index (χ2n) is 5.40. The van der Waals surface area contributed by atoms with Crippen LogP contribution >= 0.6 is 0 Å². The lowest BCUT2D eigenvalue weighted by Gasteiger charge is -2.35. The standard InChI is InChI=1S/C15H23NO3/c1-3-6-12-7-4-5-8-16(12)10-13-9-14(15(17)18)11(2)19-13/h9,12H,3-8,10H2,1-2H3,(H,17,18). The van der Waals surface area contributed by atoms with Gasteiger partial charge in [0.25, 0.3) is 0 Å². The molecule has 1 unspecified atom stereocenters. The van der Waals surface area contributed by atoms with E-state index in [1.54, 1.807) is 13.0 Å². The lowest BCUT2D eigenvalue weighted by Crippen LogP contribution is -2.38. The fourth-order valence-electron chi connectivity index (χ4n) is 2.96. The fraction of sp³-hybridized carbons (Fsp3) is 0.667.